The summed E-state index contributed by atoms with van der Waals surface area (Å²) in [7, 11) is 0. The lowest BCUT2D eigenvalue weighted by Gasteiger charge is -2.28. The Kier molecular flexibility index (Phi) is 7.76. The van der Waals surface area contributed by atoms with E-state index in [1.807, 2.05) is 48.5 Å². The number of amides is 2. The first-order valence-corrected chi connectivity index (χ1v) is 10.1. The highest BCUT2D eigenvalue weighted by Crippen LogP contribution is 2.13. The Morgan fingerprint density at radius 3 is 2.16 bits per heavy atom. The van der Waals surface area contributed by atoms with Gasteiger partial charge in [0.2, 0.25) is 5.91 Å². The SMILES string of the molecule is CC(C(=O)NCc1ccccc1)N(Cc1ccc(F)cc1)C(=O)COc1ccccc1. The minimum atomic E-state index is -0.736. The van der Waals surface area contributed by atoms with Crippen molar-refractivity contribution in [2.45, 2.75) is 26.1 Å². The lowest BCUT2D eigenvalue weighted by molar-refractivity contribution is -0.142. The van der Waals surface area contributed by atoms with Crippen LogP contribution in [0.15, 0.2) is 84.9 Å². The summed E-state index contributed by atoms with van der Waals surface area (Å²) in [6.45, 7) is 1.99. The highest BCUT2D eigenvalue weighted by atomic mass is 19.1. The van der Waals surface area contributed by atoms with Crippen molar-refractivity contribution >= 4 is 11.8 Å². The number of rotatable bonds is 9. The molecule has 1 N–H and O–H groups in total. The molecule has 3 aromatic rings. The molecule has 31 heavy (non-hydrogen) atoms. The second-order valence-corrected chi connectivity index (χ2v) is 7.13. The first-order valence-electron chi connectivity index (χ1n) is 10.1. The topological polar surface area (TPSA) is 58.6 Å². The molecule has 1 atom stereocenters. The van der Waals surface area contributed by atoms with Crippen LogP contribution >= 0.6 is 0 Å². The van der Waals surface area contributed by atoms with Crippen molar-refractivity contribution in [1.82, 2.24) is 10.2 Å². The predicted molar refractivity (Wildman–Crippen MR) is 117 cm³/mol. The van der Waals surface area contributed by atoms with Gasteiger partial charge >= 0.3 is 0 Å². The summed E-state index contributed by atoms with van der Waals surface area (Å²) in [5, 5.41) is 2.87. The molecule has 0 fully saturated rings. The third-order valence-electron chi connectivity index (χ3n) is 4.85. The van der Waals surface area contributed by atoms with E-state index in [9.17, 15) is 14.0 Å². The average molecular weight is 420 g/mol. The van der Waals surface area contributed by atoms with Crippen LogP contribution in [0.3, 0.4) is 0 Å². The molecular weight excluding hydrogens is 395 g/mol. The molecule has 5 nitrogen and oxygen atoms in total. The van der Waals surface area contributed by atoms with Crippen molar-refractivity contribution in [3.05, 3.63) is 102 Å². The number of nitrogens with one attached hydrogen (secondary N) is 1. The van der Waals surface area contributed by atoms with E-state index in [1.165, 1.54) is 17.0 Å². The molecule has 3 aromatic carbocycles. The van der Waals surface area contributed by atoms with E-state index in [2.05, 4.69) is 5.32 Å². The summed E-state index contributed by atoms with van der Waals surface area (Å²) in [6.07, 6.45) is 0. The molecule has 1 unspecified atom stereocenters. The first kappa shape index (κ1) is 22.0. The van der Waals surface area contributed by atoms with Gasteiger partial charge in [0.25, 0.3) is 5.91 Å². The van der Waals surface area contributed by atoms with Crippen molar-refractivity contribution in [2.24, 2.45) is 0 Å². The molecule has 0 bridgehead atoms. The van der Waals surface area contributed by atoms with E-state index in [1.54, 1.807) is 31.2 Å². The fourth-order valence-corrected chi connectivity index (χ4v) is 3.05. The van der Waals surface area contributed by atoms with Crippen LogP contribution in [0.1, 0.15) is 18.1 Å². The van der Waals surface area contributed by atoms with Crippen LogP contribution in [0.4, 0.5) is 4.39 Å². The fraction of sp³-hybridized carbons (Fsp3) is 0.200. The summed E-state index contributed by atoms with van der Waals surface area (Å²) in [4.78, 5) is 27.2. The molecule has 0 saturated heterocycles. The zero-order chi connectivity index (χ0) is 22.1. The number of carbonyl (C=O) groups is 2. The summed E-state index contributed by atoms with van der Waals surface area (Å²) in [5.41, 5.74) is 1.68. The van der Waals surface area contributed by atoms with E-state index in [-0.39, 0.29) is 30.8 Å². The molecule has 0 saturated carbocycles. The minimum Gasteiger partial charge on any atom is -0.484 e. The quantitative estimate of drug-likeness (QED) is 0.571. The number of ether oxygens (including phenoxy) is 1. The molecule has 0 spiro atoms. The minimum absolute atomic E-state index is 0.164. The van der Waals surface area contributed by atoms with Gasteiger partial charge in [-0.1, -0.05) is 60.7 Å². The Balaban J connectivity index is 1.69. The maximum atomic E-state index is 13.3. The van der Waals surface area contributed by atoms with Crippen molar-refractivity contribution in [2.75, 3.05) is 6.61 Å². The van der Waals surface area contributed by atoms with E-state index in [0.717, 1.165) is 11.1 Å². The fourth-order valence-electron chi connectivity index (χ4n) is 3.05. The van der Waals surface area contributed by atoms with Gasteiger partial charge in [0.1, 0.15) is 17.6 Å². The van der Waals surface area contributed by atoms with Gasteiger partial charge in [-0.2, -0.15) is 0 Å². The van der Waals surface area contributed by atoms with Gasteiger partial charge in [0.05, 0.1) is 0 Å². The predicted octanol–water partition coefficient (Wildman–Crippen LogP) is 3.94. The van der Waals surface area contributed by atoms with E-state index >= 15 is 0 Å². The largest absolute Gasteiger partial charge is 0.484 e. The Hall–Kier alpha value is -3.67. The number of benzene rings is 3. The van der Waals surface area contributed by atoms with Gasteiger partial charge in [-0.15, -0.1) is 0 Å². The van der Waals surface area contributed by atoms with Crippen molar-refractivity contribution in [3.8, 4) is 5.75 Å². The first-order chi connectivity index (χ1) is 15.0. The van der Waals surface area contributed by atoms with Gasteiger partial charge in [-0.25, -0.2) is 4.39 Å². The number of hydrogen-bond acceptors (Lipinski definition) is 3. The van der Waals surface area contributed by atoms with Crippen molar-refractivity contribution in [1.29, 1.82) is 0 Å². The summed E-state index contributed by atoms with van der Waals surface area (Å²) < 4.78 is 18.9. The zero-order valence-electron chi connectivity index (χ0n) is 17.3. The number of carbonyl (C=O) groups excluding carboxylic acids is 2. The molecule has 2 amide bonds. The van der Waals surface area contributed by atoms with E-state index < -0.39 is 6.04 Å². The number of halogens is 1. The number of hydrogen-bond donors (Lipinski definition) is 1. The average Bonchev–Trinajstić information content (AvgIpc) is 2.81. The third-order valence-corrected chi connectivity index (χ3v) is 4.85. The molecule has 0 aliphatic rings. The van der Waals surface area contributed by atoms with Gasteiger partial charge in [0, 0.05) is 13.1 Å². The van der Waals surface area contributed by atoms with Crippen LogP contribution in [0.2, 0.25) is 0 Å². The maximum Gasteiger partial charge on any atom is 0.261 e. The molecule has 0 aliphatic carbocycles. The summed E-state index contributed by atoms with van der Waals surface area (Å²) >= 11 is 0. The Labute approximate surface area is 181 Å². The smallest absolute Gasteiger partial charge is 0.261 e. The van der Waals surface area contributed by atoms with Crippen LogP contribution in [0.25, 0.3) is 0 Å². The third kappa shape index (κ3) is 6.67. The van der Waals surface area contributed by atoms with Crippen LogP contribution in [0.5, 0.6) is 5.75 Å². The molecule has 0 aliphatic heterocycles. The second kappa shape index (κ2) is 10.9. The lowest BCUT2D eigenvalue weighted by Crippen LogP contribution is -2.48. The van der Waals surface area contributed by atoms with Gasteiger partial charge in [0.15, 0.2) is 6.61 Å². The Morgan fingerprint density at radius 1 is 0.903 bits per heavy atom. The van der Waals surface area contributed by atoms with Gasteiger partial charge < -0.3 is 15.0 Å². The molecule has 0 radical (unpaired) electrons. The number of para-hydroxylation sites is 1. The van der Waals surface area contributed by atoms with Crippen LogP contribution in [-0.4, -0.2) is 29.4 Å². The normalized spacial score (nSPS) is 11.4. The lowest BCUT2D eigenvalue weighted by atomic mass is 10.1. The van der Waals surface area contributed by atoms with Gasteiger partial charge in [-0.3, -0.25) is 9.59 Å². The van der Waals surface area contributed by atoms with Crippen LogP contribution in [0, 0.1) is 5.82 Å². The molecule has 0 heterocycles. The second-order valence-electron chi connectivity index (χ2n) is 7.13. The highest BCUT2D eigenvalue weighted by Gasteiger charge is 2.26. The number of nitrogens with zero attached hydrogens (tertiary/aromatic N) is 1. The van der Waals surface area contributed by atoms with E-state index in [4.69, 9.17) is 4.74 Å². The van der Waals surface area contributed by atoms with Crippen LogP contribution in [-0.2, 0) is 22.7 Å². The Morgan fingerprint density at radius 2 is 1.52 bits per heavy atom. The highest BCUT2D eigenvalue weighted by molar-refractivity contribution is 5.87. The molecule has 0 aromatic heterocycles. The van der Waals surface area contributed by atoms with Crippen molar-refractivity contribution in [3.63, 3.8) is 0 Å². The molecule has 160 valence electrons. The summed E-state index contributed by atoms with van der Waals surface area (Å²) in [6, 6.07) is 23.7. The zero-order valence-corrected chi connectivity index (χ0v) is 17.3. The van der Waals surface area contributed by atoms with Crippen LogP contribution < -0.4 is 10.1 Å². The standard InChI is InChI=1S/C25H25FN2O3/c1-19(25(30)27-16-20-8-4-2-5-9-20)28(17-21-12-14-22(26)15-13-21)24(29)18-31-23-10-6-3-7-11-23/h2-15,19H,16-18H2,1H3,(H,27,30). The Bertz CT molecular complexity index is 979. The molecule has 3 rings (SSSR count). The molecular formula is C25H25FN2O3. The van der Waals surface area contributed by atoms with Gasteiger partial charge in [-0.05, 0) is 42.3 Å². The molecule has 6 heteroatoms. The van der Waals surface area contributed by atoms with Crippen molar-refractivity contribution < 1.29 is 18.7 Å². The monoisotopic (exact) mass is 420 g/mol. The van der Waals surface area contributed by atoms with E-state index in [0.29, 0.717) is 12.3 Å². The maximum absolute atomic E-state index is 13.3. The summed E-state index contributed by atoms with van der Waals surface area (Å²) in [5.74, 6) is -0.406.